The molecule has 0 spiro atoms. The quantitative estimate of drug-likeness (QED) is 0.309. The third-order valence-corrected chi connectivity index (χ3v) is 6.31. The molecule has 0 bridgehead atoms. The number of hydrogen-bond acceptors (Lipinski definition) is 6. The number of hydrogen-bond donors (Lipinski definition) is 0. The summed E-state index contributed by atoms with van der Waals surface area (Å²) in [6, 6.07) is 8.93. The van der Waals surface area contributed by atoms with E-state index in [1.807, 2.05) is 29.8 Å². The molecule has 0 aliphatic rings. The van der Waals surface area contributed by atoms with E-state index < -0.39 is 0 Å². The molecule has 0 N–H and O–H groups in total. The van der Waals surface area contributed by atoms with Gasteiger partial charge in [-0.2, -0.15) is 0 Å². The first-order valence-electron chi connectivity index (χ1n) is 10.1. The molecule has 0 aliphatic heterocycles. The third kappa shape index (κ3) is 5.58. The van der Waals surface area contributed by atoms with Gasteiger partial charge in [-0.15, -0.1) is 12.4 Å². The number of rotatable bonds is 8. The van der Waals surface area contributed by atoms with Crippen LogP contribution < -0.4 is 14.4 Å². The van der Waals surface area contributed by atoms with Crippen molar-refractivity contribution in [2.75, 3.05) is 25.7 Å². The molecule has 1 amide bonds. The van der Waals surface area contributed by atoms with Gasteiger partial charge in [0, 0.05) is 42.1 Å². The van der Waals surface area contributed by atoms with Gasteiger partial charge in [0.15, 0.2) is 5.13 Å². The van der Waals surface area contributed by atoms with Crippen molar-refractivity contribution in [2.45, 2.75) is 19.9 Å². The molecule has 0 atom stereocenters. The van der Waals surface area contributed by atoms with Crippen LogP contribution in [-0.4, -0.2) is 41.2 Å². The van der Waals surface area contributed by atoms with E-state index in [1.54, 1.807) is 49.8 Å². The third-order valence-electron chi connectivity index (χ3n) is 5.07. The fourth-order valence-corrected chi connectivity index (χ4v) is 4.90. The van der Waals surface area contributed by atoms with Crippen molar-refractivity contribution in [3.8, 4) is 11.5 Å². The van der Waals surface area contributed by atoms with Gasteiger partial charge in [-0.3, -0.25) is 9.69 Å². The topological polar surface area (TPSA) is 69.5 Å². The smallest absolute Gasteiger partial charge is 0.260 e. The highest BCUT2D eigenvalue weighted by molar-refractivity contribution is 7.22. The number of methoxy groups -OCH3 is 2. The lowest BCUT2D eigenvalue weighted by Crippen LogP contribution is -2.32. The molecule has 0 fully saturated rings. The average molecular weight is 507 g/mol. The Hall–Kier alpha value is -2.81. The predicted molar refractivity (Wildman–Crippen MR) is 135 cm³/mol. The molecule has 2 aromatic carbocycles. The van der Waals surface area contributed by atoms with Crippen LogP contribution in [0.3, 0.4) is 0 Å². The second-order valence-electron chi connectivity index (χ2n) is 7.28. The van der Waals surface area contributed by atoms with E-state index in [4.69, 9.17) is 26.1 Å². The maximum Gasteiger partial charge on any atom is 0.260 e. The number of carbonyl (C=O) groups is 1. The minimum atomic E-state index is -0.171. The molecule has 7 nitrogen and oxygen atoms in total. The van der Waals surface area contributed by atoms with Crippen molar-refractivity contribution in [1.29, 1.82) is 0 Å². The minimum absolute atomic E-state index is 0. The Labute approximate surface area is 207 Å². The zero-order valence-electron chi connectivity index (χ0n) is 18.4. The molecule has 4 rings (SSSR count). The van der Waals surface area contributed by atoms with Gasteiger partial charge in [-0.25, -0.2) is 9.97 Å². The lowest BCUT2D eigenvalue weighted by molar-refractivity contribution is 0.0985. The molecule has 0 saturated heterocycles. The van der Waals surface area contributed by atoms with E-state index in [9.17, 15) is 4.79 Å². The number of thiazole rings is 1. The minimum Gasteiger partial charge on any atom is -0.497 e. The summed E-state index contributed by atoms with van der Waals surface area (Å²) < 4.78 is 13.6. The number of amides is 1. The van der Waals surface area contributed by atoms with Crippen molar-refractivity contribution >= 4 is 56.6 Å². The molecule has 0 saturated carbocycles. The van der Waals surface area contributed by atoms with Crippen molar-refractivity contribution in [3.63, 3.8) is 0 Å². The van der Waals surface area contributed by atoms with Gasteiger partial charge in [-0.05, 0) is 43.2 Å². The van der Waals surface area contributed by atoms with Gasteiger partial charge in [0.1, 0.15) is 11.5 Å². The van der Waals surface area contributed by atoms with Crippen LogP contribution in [0.2, 0.25) is 5.02 Å². The molecular formula is C23H24Cl2N4O3S. The number of halogens is 2. The molecule has 0 unspecified atom stereocenters. The zero-order valence-corrected chi connectivity index (χ0v) is 20.8. The predicted octanol–water partition coefficient (Wildman–Crippen LogP) is 5.63. The highest BCUT2D eigenvalue weighted by Gasteiger charge is 2.23. The van der Waals surface area contributed by atoms with Gasteiger partial charge in [0.2, 0.25) is 0 Å². The molecule has 174 valence electrons. The number of benzene rings is 2. The summed E-state index contributed by atoms with van der Waals surface area (Å²) in [4.78, 5) is 24.2. The van der Waals surface area contributed by atoms with Crippen molar-refractivity contribution < 1.29 is 14.3 Å². The Balaban J connectivity index is 0.00000306. The lowest BCUT2D eigenvalue weighted by atomic mass is 10.1. The molecule has 2 aromatic heterocycles. The maximum atomic E-state index is 13.6. The van der Waals surface area contributed by atoms with E-state index in [0.717, 1.165) is 28.7 Å². The Morgan fingerprint density at radius 1 is 1.15 bits per heavy atom. The molecule has 0 radical (unpaired) electrons. The summed E-state index contributed by atoms with van der Waals surface area (Å²) in [6.07, 6.45) is 6.15. The fraction of sp³-hybridized carbons (Fsp3) is 0.261. The van der Waals surface area contributed by atoms with Crippen molar-refractivity contribution in [1.82, 2.24) is 14.5 Å². The summed E-state index contributed by atoms with van der Waals surface area (Å²) in [6.45, 7) is 3.19. The van der Waals surface area contributed by atoms with Crippen LogP contribution in [0.5, 0.6) is 11.5 Å². The number of ether oxygens (including phenoxy) is 2. The van der Waals surface area contributed by atoms with Crippen LogP contribution in [-0.2, 0) is 6.54 Å². The van der Waals surface area contributed by atoms with Gasteiger partial charge >= 0.3 is 0 Å². The molecule has 0 aliphatic carbocycles. The lowest BCUT2D eigenvalue weighted by Gasteiger charge is -2.21. The largest absolute Gasteiger partial charge is 0.497 e. The van der Waals surface area contributed by atoms with Crippen LogP contribution in [0.15, 0.2) is 49.1 Å². The average Bonchev–Trinajstić information content (AvgIpc) is 3.46. The van der Waals surface area contributed by atoms with Crippen LogP contribution in [0, 0.1) is 6.92 Å². The fourth-order valence-electron chi connectivity index (χ4n) is 3.46. The van der Waals surface area contributed by atoms with E-state index in [0.29, 0.717) is 33.8 Å². The van der Waals surface area contributed by atoms with Gasteiger partial charge in [0.05, 0.1) is 30.8 Å². The molecule has 4 aromatic rings. The Morgan fingerprint density at radius 2 is 1.88 bits per heavy atom. The van der Waals surface area contributed by atoms with Crippen LogP contribution in [0.1, 0.15) is 22.3 Å². The molecule has 33 heavy (non-hydrogen) atoms. The highest BCUT2D eigenvalue weighted by atomic mass is 35.5. The number of aryl methyl sites for hydroxylation is 2. The maximum absolute atomic E-state index is 13.6. The first-order chi connectivity index (χ1) is 15.5. The molecule has 2 heterocycles. The van der Waals surface area contributed by atoms with E-state index in [-0.39, 0.29) is 18.3 Å². The number of fused-ring (bicyclic) bond motifs is 1. The molecule has 10 heteroatoms. The monoisotopic (exact) mass is 506 g/mol. The van der Waals surface area contributed by atoms with Crippen molar-refractivity contribution in [3.05, 3.63) is 65.2 Å². The Morgan fingerprint density at radius 3 is 2.52 bits per heavy atom. The Kier molecular flexibility index (Phi) is 8.18. The number of nitrogens with zero attached hydrogens (tertiary/aromatic N) is 4. The highest BCUT2D eigenvalue weighted by Crippen LogP contribution is 2.34. The summed E-state index contributed by atoms with van der Waals surface area (Å²) in [5, 5.41) is 1.28. The number of carbonyl (C=O) groups excluding carboxylic acids is 1. The SMILES string of the molecule is COc1cc(OC)cc(C(=O)N(CCCn2ccnc2)c2nc3c(C)cc(Cl)cc3s2)c1.Cl. The van der Waals surface area contributed by atoms with Crippen LogP contribution in [0.25, 0.3) is 10.2 Å². The summed E-state index contributed by atoms with van der Waals surface area (Å²) in [7, 11) is 3.12. The standard InChI is InChI=1S/C23H23ClN4O3S.ClH/c1-15-9-17(24)12-20-21(15)26-23(32-20)28(7-4-6-27-8-5-25-14-27)22(29)16-10-18(30-2)13-19(11-16)31-3;/h5,8-14H,4,6-7H2,1-3H3;1H. The first kappa shape index (κ1) is 24.8. The van der Waals surface area contributed by atoms with Gasteiger partial charge in [0.25, 0.3) is 5.91 Å². The van der Waals surface area contributed by atoms with Crippen molar-refractivity contribution in [2.24, 2.45) is 0 Å². The second-order valence-corrected chi connectivity index (χ2v) is 8.72. The Bertz CT molecular complexity index is 1220. The first-order valence-corrected chi connectivity index (χ1v) is 11.3. The van der Waals surface area contributed by atoms with Crippen LogP contribution in [0.4, 0.5) is 5.13 Å². The molecular weight excluding hydrogens is 483 g/mol. The van der Waals surface area contributed by atoms with Gasteiger partial charge in [-0.1, -0.05) is 22.9 Å². The van der Waals surface area contributed by atoms with Gasteiger partial charge < -0.3 is 14.0 Å². The van der Waals surface area contributed by atoms with E-state index >= 15 is 0 Å². The number of aromatic nitrogens is 3. The summed E-state index contributed by atoms with van der Waals surface area (Å²) in [5.74, 6) is 0.937. The zero-order chi connectivity index (χ0) is 22.7. The number of imidazole rings is 1. The van der Waals surface area contributed by atoms with E-state index in [2.05, 4.69) is 4.98 Å². The summed E-state index contributed by atoms with van der Waals surface area (Å²) in [5.41, 5.74) is 2.30. The summed E-state index contributed by atoms with van der Waals surface area (Å²) >= 11 is 7.69. The second kappa shape index (κ2) is 10.9. The number of anilines is 1. The van der Waals surface area contributed by atoms with Crippen LogP contribution >= 0.6 is 35.3 Å². The normalized spacial score (nSPS) is 10.7. The van der Waals surface area contributed by atoms with E-state index in [1.165, 1.54) is 11.3 Å².